The average molecular weight is 423 g/mol. The van der Waals surface area contributed by atoms with Crippen LogP contribution in [-0.2, 0) is 10.2 Å². The van der Waals surface area contributed by atoms with Crippen molar-refractivity contribution in [1.29, 1.82) is 0 Å². The first-order valence-electron chi connectivity index (χ1n) is 9.80. The predicted molar refractivity (Wildman–Crippen MR) is 109 cm³/mol. The molecule has 158 valence electrons. The van der Waals surface area contributed by atoms with E-state index in [0.29, 0.717) is 50.4 Å². The number of pyridine rings is 1. The Labute approximate surface area is 168 Å². The second-order valence-electron chi connectivity index (χ2n) is 8.14. The van der Waals surface area contributed by atoms with Crippen LogP contribution < -0.4 is 16.0 Å². The van der Waals surface area contributed by atoms with Gasteiger partial charge in [0.1, 0.15) is 5.65 Å². The third-order valence-corrected chi connectivity index (χ3v) is 7.09. The highest BCUT2D eigenvalue weighted by Gasteiger charge is 2.39. The third kappa shape index (κ3) is 4.00. The number of aromatic nitrogens is 3. The zero-order chi connectivity index (χ0) is 20.8. The van der Waals surface area contributed by atoms with Crippen molar-refractivity contribution in [3.05, 3.63) is 28.7 Å². The van der Waals surface area contributed by atoms with E-state index in [4.69, 9.17) is 5.14 Å². The molecule has 0 spiro atoms. The maximum absolute atomic E-state index is 12.6. The molecule has 0 bridgehead atoms. The Morgan fingerprint density at radius 1 is 1.28 bits per heavy atom. The van der Waals surface area contributed by atoms with Gasteiger partial charge in [0.15, 0.2) is 0 Å². The molecule has 10 nitrogen and oxygen atoms in total. The minimum Gasteiger partial charge on any atom is -0.388 e. The average Bonchev–Trinajstić information content (AvgIpc) is 3.00. The van der Waals surface area contributed by atoms with E-state index >= 15 is 0 Å². The van der Waals surface area contributed by atoms with Crippen LogP contribution in [0, 0.1) is 0 Å². The molecule has 2 atom stereocenters. The quantitative estimate of drug-likeness (QED) is 0.645. The van der Waals surface area contributed by atoms with Gasteiger partial charge in [0.25, 0.3) is 15.8 Å². The van der Waals surface area contributed by atoms with E-state index in [1.165, 1.54) is 10.4 Å². The van der Waals surface area contributed by atoms with Crippen LogP contribution >= 0.6 is 0 Å². The number of anilines is 1. The molecule has 0 radical (unpaired) electrons. The van der Waals surface area contributed by atoms with Crippen LogP contribution in [0.2, 0.25) is 0 Å². The van der Waals surface area contributed by atoms with Crippen molar-refractivity contribution in [1.82, 2.24) is 18.8 Å². The number of aliphatic hydroxyl groups is 1. The van der Waals surface area contributed by atoms with E-state index in [1.807, 2.05) is 0 Å². The molecule has 0 aromatic carbocycles. The molecule has 1 aliphatic carbocycles. The van der Waals surface area contributed by atoms with Crippen LogP contribution in [0.25, 0.3) is 11.0 Å². The molecular formula is C18H26N6O4S. The molecule has 2 aromatic rings. The van der Waals surface area contributed by atoms with Gasteiger partial charge in [-0.15, -0.1) is 0 Å². The Balaban J connectivity index is 1.61. The molecular weight excluding hydrogens is 396 g/mol. The Bertz CT molecular complexity index is 1080. The van der Waals surface area contributed by atoms with Crippen molar-refractivity contribution in [2.75, 3.05) is 18.4 Å². The summed E-state index contributed by atoms with van der Waals surface area (Å²) in [6.07, 6.45) is 5.01. The molecule has 0 unspecified atom stereocenters. The number of nitrogens with two attached hydrogens (primary N) is 1. The number of nitrogens with one attached hydrogen (secondary N) is 1. The van der Waals surface area contributed by atoms with Gasteiger partial charge in [-0.2, -0.15) is 17.7 Å². The second kappa shape index (κ2) is 7.31. The smallest absolute Gasteiger partial charge is 0.276 e. The lowest BCUT2D eigenvalue weighted by Crippen LogP contribution is -2.45. The van der Waals surface area contributed by atoms with E-state index in [1.54, 1.807) is 23.8 Å². The monoisotopic (exact) mass is 422 g/mol. The van der Waals surface area contributed by atoms with Crippen LogP contribution in [-0.4, -0.2) is 57.1 Å². The summed E-state index contributed by atoms with van der Waals surface area (Å²) in [5, 5.41) is 19.9. The molecule has 4 rings (SSSR count). The van der Waals surface area contributed by atoms with Crippen molar-refractivity contribution in [2.45, 2.75) is 56.7 Å². The zero-order valence-corrected chi connectivity index (χ0v) is 17.1. The van der Waals surface area contributed by atoms with E-state index < -0.39 is 15.8 Å². The van der Waals surface area contributed by atoms with Gasteiger partial charge in [0.2, 0.25) is 5.95 Å². The van der Waals surface area contributed by atoms with Gasteiger partial charge in [-0.3, -0.25) is 9.36 Å². The highest BCUT2D eigenvalue weighted by Crippen LogP contribution is 2.39. The molecule has 0 amide bonds. The first kappa shape index (κ1) is 20.2. The van der Waals surface area contributed by atoms with Crippen molar-refractivity contribution >= 4 is 27.2 Å². The van der Waals surface area contributed by atoms with Crippen molar-refractivity contribution in [3.8, 4) is 0 Å². The highest BCUT2D eigenvalue weighted by atomic mass is 32.2. The summed E-state index contributed by atoms with van der Waals surface area (Å²) in [6.45, 7) is 2.43. The van der Waals surface area contributed by atoms with Crippen molar-refractivity contribution in [2.24, 2.45) is 5.14 Å². The van der Waals surface area contributed by atoms with Gasteiger partial charge in [0, 0.05) is 36.8 Å². The Morgan fingerprint density at radius 3 is 2.62 bits per heavy atom. The number of fused-ring (bicyclic) bond motifs is 1. The van der Waals surface area contributed by atoms with Crippen LogP contribution in [0.5, 0.6) is 0 Å². The van der Waals surface area contributed by atoms with Crippen LogP contribution in [0.3, 0.4) is 0 Å². The largest absolute Gasteiger partial charge is 0.388 e. The fourth-order valence-corrected chi connectivity index (χ4v) is 5.10. The number of nitrogens with zero attached hydrogens (tertiary/aromatic N) is 4. The molecule has 2 fully saturated rings. The topological polar surface area (TPSA) is 143 Å². The number of rotatable bonds is 4. The van der Waals surface area contributed by atoms with Crippen molar-refractivity contribution < 1.29 is 13.5 Å². The maximum Gasteiger partial charge on any atom is 0.276 e. The number of piperidine rings is 1. The summed E-state index contributed by atoms with van der Waals surface area (Å²) in [6, 6.07) is 2.84. The first-order valence-corrected chi connectivity index (χ1v) is 11.3. The van der Waals surface area contributed by atoms with Gasteiger partial charge in [0.05, 0.1) is 11.6 Å². The van der Waals surface area contributed by atoms with Gasteiger partial charge < -0.3 is 10.4 Å². The SMILES string of the molecule is C[C@]1(O)CCC[C@@H]1n1c(=O)ccc2cnc(NC3CCN(S(N)(=O)=O)CC3)nc21. The molecule has 4 N–H and O–H groups in total. The number of hydrogen-bond donors (Lipinski definition) is 3. The third-order valence-electron chi connectivity index (χ3n) is 6.00. The highest BCUT2D eigenvalue weighted by molar-refractivity contribution is 7.86. The molecule has 2 aromatic heterocycles. The van der Waals surface area contributed by atoms with E-state index in [0.717, 1.165) is 11.8 Å². The predicted octanol–water partition coefficient (Wildman–Crippen LogP) is 0.347. The fourth-order valence-electron chi connectivity index (χ4n) is 4.38. The standard InChI is InChI=1S/C18H26N6O4S/c1-18(26)8-2-3-14(18)24-15(25)5-4-12-11-20-17(22-16(12)24)21-13-6-9-23(10-7-13)29(19,27)28/h4-5,11,13-14,26H,2-3,6-10H2,1H3,(H2,19,27,28)(H,20,21,22)/t14-,18-/m0/s1. The molecule has 3 heterocycles. The summed E-state index contributed by atoms with van der Waals surface area (Å²) in [7, 11) is -3.67. The normalized spacial score (nSPS) is 26.8. The lowest BCUT2D eigenvalue weighted by atomic mass is 10.00. The van der Waals surface area contributed by atoms with Crippen LogP contribution in [0.15, 0.2) is 23.1 Å². The molecule has 29 heavy (non-hydrogen) atoms. The Morgan fingerprint density at radius 2 is 2.00 bits per heavy atom. The summed E-state index contributed by atoms with van der Waals surface area (Å²) < 4.78 is 25.7. The summed E-state index contributed by atoms with van der Waals surface area (Å²) in [5.41, 5.74) is -0.670. The molecule has 1 saturated heterocycles. The molecule has 2 aliphatic rings. The minimum atomic E-state index is -3.67. The molecule has 1 aliphatic heterocycles. The van der Waals surface area contributed by atoms with Gasteiger partial charge >= 0.3 is 0 Å². The lowest BCUT2D eigenvalue weighted by Gasteiger charge is -2.30. The zero-order valence-electron chi connectivity index (χ0n) is 16.3. The Kier molecular flexibility index (Phi) is 5.09. The minimum absolute atomic E-state index is 0.00363. The maximum atomic E-state index is 12.6. The van der Waals surface area contributed by atoms with Crippen LogP contribution in [0.4, 0.5) is 5.95 Å². The molecule has 1 saturated carbocycles. The Hall–Kier alpha value is -2.08. The van der Waals surface area contributed by atoms with Gasteiger partial charge in [-0.25, -0.2) is 10.1 Å². The van der Waals surface area contributed by atoms with E-state index in [2.05, 4.69) is 15.3 Å². The number of hydrogen-bond acceptors (Lipinski definition) is 7. The summed E-state index contributed by atoms with van der Waals surface area (Å²) >= 11 is 0. The van der Waals surface area contributed by atoms with Crippen molar-refractivity contribution in [3.63, 3.8) is 0 Å². The first-order chi connectivity index (χ1) is 13.6. The van der Waals surface area contributed by atoms with E-state index in [9.17, 15) is 18.3 Å². The van der Waals surface area contributed by atoms with Gasteiger partial charge in [-0.1, -0.05) is 0 Å². The van der Waals surface area contributed by atoms with Crippen LogP contribution in [0.1, 0.15) is 45.1 Å². The summed E-state index contributed by atoms with van der Waals surface area (Å²) in [4.78, 5) is 21.6. The van der Waals surface area contributed by atoms with E-state index in [-0.39, 0.29) is 17.6 Å². The lowest BCUT2D eigenvalue weighted by molar-refractivity contribution is 0.0267. The van der Waals surface area contributed by atoms with Gasteiger partial charge in [-0.05, 0) is 45.1 Å². The summed E-state index contributed by atoms with van der Waals surface area (Å²) in [5.74, 6) is 0.378. The molecule has 11 heteroatoms. The fraction of sp³-hybridized carbons (Fsp3) is 0.611. The second-order valence-corrected chi connectivity index (χ2v) is 9.69.